The Kier molecular flexibility index (Phi) is 7.44. The van der Waals surface area contributed by atoms with Gasteiger partial charge in [0.15, 0.2) is 0 Å². The van der Waals surface area contributed by atoms with E-state index in [0.717, 1.165) is 16.7 Å². The number of methoxy groups -OCH3 is 1. The highest BCUT2D eigenvalue weighted by Crippen LogP contribution is 2.27. The van der Waals surface area contributed by atoms with Crippen molar-refractivity contribution in [2.45, 2.75) is 32.9 Å². The summed E-state index contributed by atoms with van der Waals surface area (Å²) in [5, 5.41) is 2.81. The van der Waals surface area contributed by atoms with Crippen molar-refractivity contribution in [1.29, 1.82) is 0 Å². The number of benzene rings is 3. The topological polar surface area (TPSA) is 58.6 Å². The van der Waals surface area contributed by atoms with Crippen LogP contribution in [0.5, 0.6) is 5.75 Å². The maximum absolute atomic E-state index is 13.5. The minimum absolute atomic E-state index is 0.00535. The molecule has 0 saturated carbocycles. The van der Waals surface area contributed by atoms with Gasteiger partial charge in [-0.3, -0.25) is 9.59 Å². The summed E-state index contributed by atoms with van der Waals surface area (Å²) < 4.78 is 5.43. The molecule has 0 aromatic heterocycles. The summed E-state index contributed by atoms with van der Waals surface area (Å²) in [6.45, 7) is 3.98. The van der Waals surface area contributed by atoms with E-state index in [-0.39, 0.29) is 24.3 Å². The van der Waals surface area contributed by atoms with Crippen molar-refractivity contribution in [3.63, 3.8) is 0 Å². The van der Waals surface area contributed by atoms with E-state index in [4.69, 9.17) is 4.74 Å². The first-order valence-electron chi connectivity index (χ1n) is 10.3. The van der Waals surface area contributed by atoms with Gasteiger partial charge in [-0.2, -0.15) is 0 Å². The quantitative estimate of drug-likeness (QED) is 0.563. The van der Waals surface area contributed by atoms with Gasteiger partial charge in [0.1, 0.15) is 5.75 Å². The summed E-state index contributed by atoms with van der Waals surface area (Å²) >= 11 is 0. The molecular weight excluding hydrogens is 388 g/mol. The molecule has 3 aromatic rings. The third-order valence-electron chi connectivity index (χ3n) is 5.21. The Balaban J connectivity index is 1.90. The lowest BCUT2D eigenvalue weighted by Gasteiger charge is -2.30. The number of amides is 2. The van der Waals surface area contributed by atoms with Crippen LogP contribution in [0.3, 0.4) is 0 Å². The van der Waals surface area contributed by atoms with E-state index in [1.165, 1.54) is 6.92 Å². The Morgan fingerprint density at radius 1 is 0.968 bits per heavy atom. The maximum atomic E-state index is 13.5. The van der Waals surface area contributed by atoms with Crippen LogP contribution in [-0.4, -0.2) is 23.8 Å². The number of nitrogens with zero attached hydrogens (tertiary/aromatic N) is 1. The molecule has 0 spiro atoms. The highest BCUT2D eigenvalue weighted by molar-refractivity contribution is 5.88. The summed E-state index contributed by atoms with van der Waals surface area (Å²) in [6, 6.07) is 25.0. The number of hydrogen-bond donors (Lipinski definition) is 1. The zero-order chi connectivity index (χ0) is 22.2. The van der Waals surface area contributed by atoms with Crippen molar-refractivity contribution < 1.29 is 14.3 Å². The molecule has 2 amide bonds. The lowest BCUT2D eigenvalue weighted by atomic mass is 10.0. The number of ether oxygens (including phenoxy) is 1. The number of para-hydroxylation sites is 1. The Morgan fingerprint density at radius 2 is 1.68 bits per heavy atom. The molecule has 0 heterocycles. The Hall–Kier alpha value is -3.60. The summed E-state index contributed by atoms with van der Waals surface area (Å²) in [4.78, 5) is 26.8. The van der Waals surface area contributed by atoms with Crippen LogP contribution in [0.1, 0.15) is 36.6 Å². The monoisotopic (exact) mass is 416 g/mol. The van der Waals surface area contributed by atoms with Gasteiger partial charge in [0, 0.05) is 24.7 Å². The number of carbonyl (C=O) groups is 2. The highest BCUT2D eigenvalue weighted by atomic mass is 16.5. The van der Waals surface area contributed by atoms with E-state index >= 15 is 0 Å². The second kappa shape index (κ2) is 10.4. The second-order valence-electron chi connectivity index (χ2n) is 7.48. The predicted molar refractivity (Wildman–Crippen MR) is 123 cm³/mol. The van der Waals surface area contributed by atoms with Gasteiger partial charge in [-0.15, -0.1) is 0 Å². The molecule has 0 saturated heterocycles. The van der Waals surface area contributed by atoms with Crippen LogP contribution in [-0.2, 0) is 22.6 Å². The summed E-state index contributed by atoms with van der Waals surface area (Å²) in [5.41, 5.74) is 3.58. The average Bonchev–Trinajstić information content (AvgIpc) is 2.77. The first kappa shape index (κ1) is 22.1. The molecule has 31 heavy (non-hydrogen) atoms. The van der Waals surface area contributed by atoms with Crippen molar-refractivity contribution in [1.82, 2.24) is 4.90 Å². The number of hydrogen-bond acceptors (Lipinski definition) is 3. The van der Waals surface area contributed by atoms with Crippen molar-refractivity contribution in [2.75, 3.05) is 12.4 Å². The van der Waals surface area contributed by atoms with Crippen LogP contribution >= 0.6 is 0 Å². The SMILES string of the molecule is COc1ccccc1CC(=O)N(Cc1ccccc1)[C@@H](C)c1cccc(NC(C)=O)c1. The number of nitrogens with one attached hydrogen (secondary N) is 1. The van der Waals surface area contributed by atoms with E-state index in [0.29, 0.717) is 18.0 Å². The van der Waals surface area contributed by atoms with Gasteiger partial charge < -0.3 is 15.0 Å². The van der Waals surface area contributed by atoms with Crippen LogP contribution in [0, 0.1) is 0 Å². The van der Waals surface area contributed by atoms with Crippen molar-refractivity contribution >= 4 is 17.5 Å². The summed E-state index contributed by atoms with van der Waals surface area (Å²) in [5.74, 6) is 0.583. The number of carbonyl (C=O) groups excluding carboxylic acids is 2. The van der Waals surface area contributed by atoms with Crippen LogP contribution in [0.4, 0.5) is 5.69 Å². The lowest BCUT2D eigenvalue weighted by molar-refractivity contribution is -0.133. The third kappa shape index (κ3) is 5.95. The molecule has 0 aliphatic rings. The van der Waals surface area contributed by atoms with Crippen LogP contribution in [0.25, 0.3) is 0 Å². The summed E-state index contributed by atoms with van der Waals surface area (Å²) in [7, 11) is 1.61. The first-order valence-corrected chi connectivity index (χ1v) is 10.3. The normalized spacial score (nSPS) is 11.5. The van der Waals surface area contributed by atoms with Crippen molar-refractivity contribution in [3.05, 3.63) is 95.6 Å². The van der Waals surface area contributed by atoms with E-state index in [2.05, 4.69) is 5.32 Å². The fraction of sp³-hybridized carbons (Fsp3) is 0.231. The van der Waals surface area contributed by atoms with Crippen LogP contribution in [0.2, 0.25) is 0 Å². The molecule has 0 aliphatic heterocycles. The molecule has 0 fully saturated rings. The number of rotatable bonds is 8. The van der Waals surface area contributed by atoms with Gasteiger partial charge >= 0.3 is 0 Å². The van der Waals surface area contributed by atoms with Gasteiger partial charge in [0.25, 0.3) is 0 Å². The van der Waals surface area contributed by atoms with E-state index < -0.39 is 0 Å². The zero-order valence-corrected chi connectivity index (χ0v) is 18.2. The molecule has 5 nitrogen and oxygen atoms in total. The highest BCUT2D eigenvalue weighted by Gasteiger charge is 2.23. The molecule has 0 unspecified atom stereocenters. The van der Waals surface area contributed by atoms with E-state index in [9.17, 15) is 9.59 Å². The standard InChI is InChI=1S/C26H28N2O3/c1-19(22-13-9-14-24(16-22)27-20(2)29)28(18-21-10-5-4-6-11-21)26(30)17-23-12-7-8-15-25(23)31-3/h4-16,19H,17-18H2,1-3H3,(H,27,29)/t19-/m0/s1. The second-order valence-corrected chi connectivity index (χ2v) is 7.48. The van der Waals surface area contributed by atoms with Crippen molar-refractivity contribution in [3.8, 4) is 5.75 Å². The molecule has 1 N–H and O–H groups in total. The molecule has 0 bridgehead atoms. The molecule has 0 aliphatic carbocycles. The number of anilines is 1. The smallest absolute Gasteiger partial charge is 0.227 e. The average molecular weight is 417 g/mol. The molecule has 5 heteroatoms. The fourth-order valence-corrected chi connectivity index (χ4v) is 3.59. The van der Waals surface area contributed by atoms with Gasteiger partial charge in [-0.1, -0.05) is 60.7 Å². The minimum atomic E-state index is -0.184. The van der Waals surface area contributed by atoms with Gasteiger partial charge in [-0.05, 0) is 36.2 Å². The van der Waals surface area contributed by atoms with Gasteiger partial charge in [-0.25, -0.2) is 0 Å². The first-order chi connectivity index (χ1) is 15.0. The molecular formula is C26H28N2O3. The van der Waals surface area contributed by atoms with E-state index in [1.807, 2.05) is 90.7 Å². The van der Waals surface area contributed by atoms with Gasteiger partial charge in [0.2, 0.25) is 11.8 Å². The molecule has 3 aromatic carbocycles. The largest absolute Gasteiger partial charge is 0.496 e. The Labute approximate surface area is 183 Å². The Bertz CT molecular complexity index is 1030. The van der Waals surface area contributed by atoms with Crippen LogP contribution < -0.4 is 10.1 Å². The fourth-order valence-electron chi connectivity index (χ4n) is 3.59. The Morgan fingerprint density at radius 3 is 2.39 bits per heavy atom. The zero-order valence-electron chi connectivity index (χ0n) is 18.2. The minimum Gasteiger partial charge on any atom is -0.496 e. The van der Waals surface area contributed by atoms with E-state index in [1.54, 1.807) is 7.11 Å². The third-order valence-corrected chi connectivity index (χ3v) is 5.21. The molecule has 3 rings (SSSR count). The molecule has 160 valence electrons. The maximum Gasteiger partial charge on any atom is 0.227 e. The predicted octanol–water partition coefficient (Wildman–Crippen LogP) is 4.99. The lowest BCUT2D eigenvalue weighted by Crippen LogP contribution is -2.34. The molecule has 0 radical (unpaired) electrons. The van der Waals surface area contributed by atoms with Gasteiger partial charge in [0.05, 0.1) is 19.6 Å². The summed E-state index contributed by atoms with van der Waals surface area (Å²) in [6.07, 6.45) is 0.243. The molecule has 1 atom stereocenters. The van der Waals surface area contributed by atoms with Crippen LogP contribution in [0.15, 0.2) is 78.9 Å². The van der Waals surface area contributed by atoms with Crippen molar-refractivity contribution in [2.24, 2.45) is 0 Å².